The Kier molecular flexibility index (Phi) is 4.97. The summed E-state index contributed by atoms with van der Waals surface area (Å²) >= 11 is 0. The number of H-pyrrole nitrogens is 1. The summed E-state index contributed by atoms with van der Waals surface area (Å²) < 4.78 is 18.5. The molecule has 0 fully saturated rings. The number of halogens is 1. The van der Waals surface area contributed by atoms with Crippen LogP contribution in [0.4, 0.5) is 4.39 Å². The highest BCUT2D eigenvalue weighted by atomic mass is 19.1. The zero-order valence-corrected chi connectivity index (χ0v) is 14.4. The van der Waals surface area contributed by atoms with Crippen molar-refractivity contribution in [2.75, 3.05) is 7.05 Å². The van der Waals surface area contributed by atoms with E-state index in [1.54, 1.807) is 37.4 Å². The Labute approximate surface area is 149 Å². The number of benzene rings is 2. The maximum Gasteiger partial charge on any atom is 0.360 e. The summed E-state index contributed by atoms with van der Waals surface area (Å²) in [6, 6.07) is 13.1. The molecular weight excluding hydrogens is 337 g/mol. The molecule has 1 amide bonds. The lowest BCUT2D eigenvalue weighted by Crippen LogP contribution is -2.37. The van der Waals surface area contributed by atoms with E-state index in [-0.39, 0.29) is 24.0 Å². The third kappa shape index (κ3) is 3.72. The minimum absolute atomic E-state index is 0.132. The molecule has 7 heteroatoms. The van der Waals surface area contributed by atoms with Crippen molar-refractivity contribution in [3.05, 3.63) is 65.6 Å². The number of carbonyl (C=O) groups is 2. The number of hydrogen-bond donors (Lipinski definition) is 1. The van der Waals surface area contributed by atoms with Gasteiger partial charge in [0.2, 0.25) is 0 Å². The number of aromatic nitrogens is 2. The first-order valence-corrected chi connectivity index (χ1v) is 8.09. The van der Waals surface area contributed by atoms with Gasteiger partial charge in [0, 0.05) is 19.0 Å². The molecule has 0 radical (unpaired) electrons. The fourth-order valence-electron chi connectivity index (χ4n) is 2.68. The van der Waals surface area contributed by atoms with Crippen LogP contribution in [0.2, 0.25) is 0 Å². The number of amides is 1. The minimum Gasteiger partial charge on any atom is -0.448 e. The lowest BCUT2D eigenvalue weighted by atomic mass is 10.2. The van der Waals surface area contributed by atoms with Crippen LogP contribution in [0.1, 0.15) is 23.0 Å². The van der Waals surface area contributed by atoms with E-state index in [0.29, 0.717) is 16.5 Å². The average Bonchev–Trinajstić information content (AvgIpc) is 3.05. The number of fused-ring (bicyclic) bond motifs is 1. The fraction of sp³-hybridized carbons (Fsp3) is 0.211. The smallest absolute Gasteiger partial charge is 0.360 e. The topological polar surface area (TPSA) is 75.3 Å². The highest BCUT2D eigenvalue weighted by Gasteiger charge is 2.24. The Morgan fingerprint density at radius 1 is 1.23 bits per heavy atom. The number of carbonyl (C=O) groups excluding carboxylic acids is 2. The van der Waals surface area contributed by atoms with Crippen molar-refractivity contribution in [1.82, 2.24) is 15.1 Å². The Bertz CT molecular complexity index is 954. The normalized spacial score (nSPS) is 12.0. The van der Waals surface area contributed by atoms with Crippen LogP contribution in [0.25, 0.3) is 10.9 Å². The quantitative estimate of drug-likeness (QED) is 0.714. The van der Waals surface area contributed by atoms with Gasteiger partial charge in [-0.2, -0.15) is 5.10 Å². The predicted octanol–water partition coefficient (Wildman–Crippen LogP) is 2.91. The zero-order valence-electron chi connectivity index (χ0n) is 14.4. The lowest BCUT2D eigenvalue weighted by Gasteiger charge is -2.21. The first-order chi connectivity index (χ1) is 12.5. The molecule has 0 aliphatic rings. The first-order valence-electron chi connectivity index (χ1n) is 8.09. The molecular formula is C19H18FN3O3. The summed E-state index contributed by atoms with van der Waals surface area (Å²) in [5.74, 6) is -1.43. The Balaban J connectivity index is 1.65. The van der Waals surface area contributed by atoms with Gasteiger partial charge in [0.1, 0.15) is 5.82 Å². The second-order valence-corrected chi connectivity index (χ2v) is 5.99. The van der Waals surface area contributed by atoms with E-state index in [2.05, 4.69) is 10.2 Å². The number of nitrogens with zero attached hydrogens (tertiary/aromatic N) is 2. The fourth-order valence-corrected chi connectivity index (χ4v) is 2.68. The molecule has 0 aliphatic carbocycles. The summed E-state index contributed by atoms with van der Waals surface area (Å²) in [7, 11) is 1.57. The highest BCUT2D eigenvalue weighted by molar-refractivity contribution is 6.02. The largest absolute Gasteiger partial charge is 0.448 e. The maximum absolute atomic E-state index is 13.3. The molecule has 2 aromatic carbocycles. The average molecular weight is 355 g/mol. The van der Waals surface area contributed by atoms with E-state index in [0.717, 1.165) is 0 Å². The van der Waals surface area contributed by atoms with Crippen molar-refractivity contribution in [1.29, 1.82) is 0 Å². The van der Waals surface area contributed by atoms with E-state index >= 15 is 0 Å². The van der Waals surface area contributed by atoms with Crippen LogP contribution in [0.3, 0.4) is 0 Å². The predicted molar refractivity (Wildman–Crippen MR) is 93.8 cm³/mol. The van der Waals surface area contributed by atoms with Crippen LogP contribution in [0.5, 0.6) is 0 Å². The molecule has 1 N–H and O–H groups in total. The third-order valence-electron chi connectivity index (χ3n) is 3.98. The number of ether oxygens (including phenoxy) is 1. The van der Waals surface area contributed by atoms with Gasteiger partial charge >= 0.3 is 5.97 Å². The second kappa shape index (κ2) is 7.35. The highest BCUT2D eigenvalue weighted by Crippen LogP contribution is 2.17. The molecule has 0 spiro atoms. The Morgan fingerprint density at radius 2 is 2.00 bits per heavy atom. The van der Waals surface area contributed by atoms with Gasteiger partial charge in [0.05, 0.1) is 5.52 Å². The Hall–Kier alpha value is -3.22. The monoisotopic (exact) mass is 355 g/mol. The number of hydrogen-bond acceptors (Lipinski definition) is 4. The minimum atomic E-state index is -0.989. The standard InChI is InChI=1S/C19H18FN3O3/c1-12(18(24)23(2)11-13-6-5-7-14(20)10-13)26-19(25)17-15-8-3-4-9-16(15)21-22-17/h3-10,12H,11H2,1-2H3,(H,21,22)/t12-/m1/s1. The molecule has 3 aromatic rings. The lowest BCUT2D eigenvalue weighted by molar-refractivity contribution is -0.139. The van der Waals surface area contributed by atoms with Gasteiger partial charge in [-0.15, -0.1) is 0 Å². The number of aromatic amines is 1. The molecule has 1 atom stereocenters. The number of nitrogens with one attached hydrogen (secondary N) is 1. The van der Waals surface area contributed by atoms with Crippen LogP contribution in [0.15, 0.2) is 48.5 Å². The van der Waals surface area contributed by atoms with E-state index in [1.165, 1.54) is 24.0 Å². The van der Waals surface area contributed by atoms with Crippen LogP contribution < -0.4 is 0 Å². The second-order valence-electron chi connectivity index (χ2n) is 5.99. The van der Waals surface area contributed by atoms with Gasteiger partial charge in [-0.3, -0.25) is 9.89 Å². The Morgan fingerprint density at radius 3 is 2.77 bits per heavy atom. The molecule has 1 heterocycles. The molecule has 0 saturated heterocycles. The molecule has 0 saturated carbocycles. The number of esters is 1. The van der Waals surface area contributed by atoms with Gasteiger partial charge in [0.25, 0.3) is 5.91 Å². The van der Waals surface area contributed by atoms with Gasteiger partial charge in [0.15, 0.2) is 11.8 Å². The molecule has 0 aliphatic heterocycles. The summed E-state index contributed by atoms with van der Waals surface area (Å²) in [6.07, 6.45) is -0.989. The summed E-state index contributed by atoms with van der Waals surface area (Å²) in [5, 5.41) is 7.34. The number of likely N-dealkylation sites (N-methyl/N-ethyl adjacent to an activating group) is 1. The van der Waals surface area contributed by atoms with Crippen LogP contribution in [-0.2, 0) is 16.1 Å². The van der Waals surface area contributed by atoms with Crippen LogP contribution >= 0.6 is 0 Å². The van der Waals surface area contributed by atoms with Crippen molar-refractivity contribution in [2.45, 2.75) is 19.6 Å². The van der Waals surface area contributed by atoms with Crippen molar-refractivity contribution in [3.8, 4) is 0 Å². The van der Waals surface area contributed by atoms with E-state index in [1.807, 2.05) is 6.07 Å². The molecule has 3 rings (SSSR count). The van der Waals surface area contributed by atoms with E-state index in [9.17, 15) is 14.0 Å². The van der Waals surface area contributed by atoms with Crippen molar-refractivity contribution in [2.24, 2.45) is 0 Å². The molecule has 134 valence electrons. The third-order valence-corrected chi connectivity index (χ3v) is 3.98. The zero-order chi connectivity index (χ0) is 18.7. The summed E-state index contributed by atoms with van der Waals surface area (Å²) in [4.78, 5) is 26.1. The summed E-state index contributed by atoms with van der Waals surface area (Å²) in [5.41, 5.74) is 1.49. The van der Waals surface area contributed by atoms with Crippen molar-refractivity contribution in [3.63, 3.8) is 0 Å². The SMILES string of the molecule is C[C@@H](OC(=O)c1n[nH]c2ccccc12)C(=O)N(C)Cc1cccc(F)c1. The maximum atomic E-state index is 13.3. The molecule has 26 heavy (non-hydrogen) atoms. The van der Waals surface area contributed by atoms with E-state index < -0.39 is 12.1 Å². The van der Waals surface area contributed by atoms with E-state index in [4.69, 9.17) is 4.74 Å². The first kappa shape index (κ1) is 17.6. The molecule has 1 aromatic heterocycles. The van der Waals surface area contributed by atoms with Gasteiger partial charge in [-0.1, -0.05) is 30.3 Å². The van der Waals surface area contributed by atoms with Gasteiger partial charge < -0.3 is 9.64 Å². The van der Waals surface area contributed by atoms with Crippen molar-refractivity contribution < 1.29 is 18.7 Å². The summed E-state index contributed by atoms with van der Waals surface area (Å²) in [6.45, 7) is 1.71. The molecule has 0 unspecified atom stereocenters. The van der Waals surface area contributed by atoms with Crippen LogP contribution in [0, 0.1) is 5.82 Å². The van der Waals surface area contributed by atoms with Crippen molar-refractivity contribution >= 4 is 22.8 Å². The van der Waals surface area contributed by atoms with Crippen LogP contribution in [-0.4, -0.2) is 40.1 Å². The van der Waals surface area contributed by atoms with Gasteiger partial charge in [-0.25, -0.2) is 9.18 Å². The number of rotatable bonds is 5. The molecule has 0 bridgehead atoms. The van der Waals surface area contributed by atoms with Gasteiger partial charge in [-0.05, 0) is 30.7 Å². The number of para-hydroxylation sites is 1. The molecule has 6 nitrogen and oxygen atoms in total.